The second kappa shape index (κ2) is 3.69. The summed E-state index contributed by atoms with van der Waals surface area (Å²) >= 11 is 0.841. The second-order valence-electron chi connectivity index (χ2n) is 3.16. The van der Waals surface area contributed by atoms with E-state index in [4.69, 9.17) is 11.6 Å². The molecule has 0 heterocycles. The van der Waals surface area contributed by atoms with Gasteiger partial charge in [-0.1, -0.05) is 0 Å². The third-order valence-electron chi connectivity index (χ3n) is 2.14. The Morgan fingerprint density at radius 3 is 2.40 bits per heavy atom. The van der Waals surface area contributed by atoms with Gasteiger partial charge in [0.05, 0.1) is 0 Å². The van der Waals surface area contributed by atoms with E-state index in [1.54, 1.807) is 24.3 Å². The number of halogens is 1. The van der Waals surface area contributed by atoms with E-state index in [0.717, 1.165) is 5.39 Å². The van der Waals surface area contributed by atoms with Crippen molar-refractivity contribution < 1.29 is 11.9 Å². The molecule has 5 heteroatoms. The van der Waals surface area contributed by atoms with Crippen LogP contribution in [0.2, 0.25) is 5.02 Å². The second-order valence-corrected chi connectivity index (χ2v) is 6.79. The molecule has 0 bridgehead atoms. The van der Waals surface area contributed by atoms with E-state index in [9.17, 15) is 11.9 Å². The van der Waals surface area contributed by atoms with E-state index in [1.165, 1.54) is 6.07 Å². The molecular weight excluding hydrogens is 278 g/mol. The SMILES string of the molecule is O=[As](O)(O)c1c(Cl)ccc2ccccc12. The zero-order chi connectivity index (χ0) is 11.1. The zero-order valence-corrected chi connectivity index (χ0v) is 10.2. The van der Waals surface area contributed by atoms with Crippen LogP contribution in [0.3, 0.4) is 0 Å². The molecule has 3 nitrogen and oxygen atoms in total. The van der Waals surface area contributed by atoms with Crippen molar-refractivity contribution in [1.29, 1.82) is 0 Å². The van der Waals surface area contributed by atoms with Crippen molar-refractivity contribution in [1.82, 2.24) is 0 Å². The molecule has 0 aliphatic rings. The van der Waals surface area contributed by atoms with Crippen LogP contribution in [0, 0.1) is 0 Å². The third kappa shape index (κ3) is 1.97. The van der Waals surface area contributed by atoms with Crippen LogP contribution in [0.5, 0.6) is 0 Å². The number of fused-ring (bicyclic) bond motifs is 1. The maximum absolute atomic E-state index is 11.3. The Morgan fingerprint density at radius 2 is 1.73 bits per heavy atom. The molecule has 0 amide bonds. The van der Waals surface area contributed by atoms with Crippen molar-refractivity contribution in [2.24, 2.45) is 0 Å². The predicted molar refractivity (Wildman–Crippen MR) is 59.5 cm³/mol. The molecule has 0 aliphatic heterocycles. The molecule has 0 fully saturated rings. The summed E-state index contributed by atoms with van der Waals surface area (Å²) in [6.07, 6.45) is 0. The van der Waals surface area contributed by atoms with E-state index in [-0.39, 0.29) is 9.37 Å². The van der Waals surface area contributed by atoms with Gasteiger partial charge in [0.2, 0.25) is 0 Å². The van der Waals surface area contributed by atoms with E-state index in [2.05, 4.69) is 0 Å². The van der Waals surface area contributed by atoms with Gasteiger partial charge >= 0.3 is 94.2 Å². The average molecular weight is 287 g/mol. The zero-order valence-electron chi connectivity index (χ0n) is 7.59. The number of hydrogen-bond donors (Lipinski definition) is 2. The standard InChI is InChI=1S/C10H8AsClO3/c12-9-6-5-7-3-1-2-4-8(7)10(9)11(13,14)15/h1-6H,(H2,13,14,15). The fourth-order valence-corrected chi connectivity index (χ4v) is 4.09. The molecule has 0 saturated heterocycles. The average Bonchev–Trinajstić information content (AvgIpc) is 2.15. The minimum absolute atomic E-state index is 0.0344. The van der Waals surface area contributed by atoms with Gasteiger partial charge in [0, 0.05) is 0 Å². The molecule has 2 N–H and O–H groups in total. The Labute approximate surface area is 94.3 Å². The van der Waals surface area contributed by atoms with Crippen molar-refractivity contribution in [2.75, 3.05) is 0 Å². The molecule has 0 aliphatic carbocycles. The Hall–Kier alpha value is -0.732. The van der Waals surface area contributed by atoms with Crippen molar-refractivity contribution in [2.45, 2.75) is 0 Å². The van der Waals surface area contributed by atoms with Gasteiger partial charge in [-0.3, -0.25) is 0 Å². The molecule has 78 valence electrons. The summed E-state index contributed by atoms with van der Waals surface area (Å²) in [6.45, 7) is 0. The van der Waals surface area contributed by atoms with Gasteiger partial charge in [0.25, 0.3) is 0 Å². The first-order valence-corrected chi connectivity index (χ1v) is 7.99. The summed E-state index contributed by atoms with van der Waals surface area (Å²) in [5.74, 6) is 0. The van der Waals surface area contributed by atoms with Crippen LogP contribution in [0.1, 0.15) is 0 Å². The van der Waals surface area contributed by atoms with E-state index >= 15 is 0 Å². The molecule has 0 unspecified atom stereocenters. The summed E-state index contributed by atoms with van der Waals surface area (Å²) in [6, 6.07) is 10.3. The predicted octanol–water partition coefficient (Wildman–Crippen LogP) is 1.05. The van der Waals surface area contributed by atoms with Gasteiger partial charge in [-0.15, -0.1) is 0 Å². The first-order valence-electron chi connectivity index (χ1n) is 4.23. The molecule has 15 heavy (non-hydrogen) atoms. The van der Waals surface area contributed by atoms with Crippen molar-refractivity contribution in [3.05, 3.63) is 41.4 Å². The van der Waals surface area contributed by atoms with Crippen LogP contribution < -0.4 is 4.35 Å². The molecule has 2 rings (SSSR count). The Balaban J connectivity index is 2.92. The van der Waals surface area contributed by atoms with Crippen LogP contribution in [-0.2, 0) is 3.74 Å². The normalized spacial score (nSPS) is 11.9. The molecule has 0 atom stereocenters. The number of rotatable bonds is 1. The summed E-state index contributed by atoms with van der Waals surface area (Å²) in [5, 5.41) is 1.43. The first kappa shape index (κ1) is 10.8. The maximum atomic E-state index is 11.3. The van der Waals surface area contributed by atoms with Gasteiger partial charge < -0.3 is 0 Å². The molecule has 0 spiro atoms. The molecule has 2 aromatic rings. The Kier molecular flexibility index (Phi) is 2.65. The summed E-state index contributed by atoms with van der Waals surface area (Å²) in [5.41, 5.74) is 0. The summed E-state index contributed by atoms with van der Waals surface area (Å²) in [4.78, 5) is 0. The number of hydrogen-bond acceptors (Lipinski definition) is 1. The van der Waals surface area contributed by atoms with E-state index in [1.807, 2.05) is 6.07 Å². The Morgan fingerprint density at radius 1 is 1.07 bits per heavy atom. The van der Waals surface area contributed by atoms with Crippen LogP contribution in [-0.4, -0.2) is 22.4 Å². The van der Waals surface area contributed by atoms with Crippen LogP contribution in [0.4, 0.5) is 0 Å². The Bertz CT molecular complexity index is 562. The minimum atomic E-state index is -4.97. The summed E-state index contributed by atoms with van der Waals surface area (Å²) < 4.78 is 29.8. The fourth-order valence-electron chi connectivity index (χ4n) is 1.52. The van der Waals surface area contributed by atoms with Crippen molar-refractivity contribution in [3.8, 4) is 0 Å². The van der Waals surface area contributed by atoms with Gasteiger partial charge in [0.1, 0.15) is 0 Å². The number of benzene rings is 2. The third-order valence-corrected chi connectivity index (χ3v) is 4.98. The topological polar surface area (TPSA) is 57.5 Å². The molecule has 0 saturated carbocycles. The summed E-state index contributed by atoms with van der Waals surface area (Å²) in [7, 11) is 0. The van der Waals surface area contributed by atoms with Gasteiger partial charge in [-0.05, 0) is 0 Å². The van der Waals surface area contributed by atoms with Crippen molar-refractivity contribution >= 4 is 40.9 Å². The quantitative estimate of drug-likeness (QED) is 0.771. The first-order chi connectivity index (χ1) is 7.00. The van der Waals surface area contributed by atoms with Gasteiger partial charge in [-0.25, -0.2) is 0 Å². The molecule has 0 aromatic heterocycles. The monoisotopic (exact) mass is 286 g/mol. The fraction of sp³-hybridized carbons (Fsp3) is 0. The van der Waals surface area contributed by atoms with Crippen molar-refractivity contribution in [3.63, 3.8) is 0 Å². The molecule has 2 aromatic carbocycles. The van der Waals surface area contributed by atoms with E-state index in [0.29, 0.717) is 5.39 Å². The van der Waals surface area contributed by atoms with Gasteiger partial charge in [-0.2, -0.15) is 0 Å². The van der Waals surface area contributed by atoms with Gasteiger partial charge in [0.15, 0.2) is 0 Å². The van der Waals surface area contributed by atoms with Crippen LogP contribution in [0.15, 0.2) is 36.4 Å². The van der Waals surface area contributed by atoms with Crippen LogP contribution in [0.25, 0.3) is 10.8 Å². The molecule has 0 radical (unpaired) electrons. The van der Waals surface area contributed by atoms with E-state index < -0.39 is 14.2 Å². The van der Waals surface area contributed by atoms with Crippen LogP contribution >= 0.6 is 11.6 Å². The molecular formula is C10H8AsClO3.